The Morgan fingerprint density at radius 1 is 1.08 bits per heavy atom. The molecule has 0 saturated carbocycles. The number of aromatic nitrogens is 1. The number of anilines is 1. The maximum absolute atomic E-state index is 12.4. The second kappa shape index (κ2) is 7.59. The average Bonchev–Trinajstić information content (AvgIpc) is 3.15. The van der Waals surface area contributed by atoms with Gasteiger partial charge in [-0.05, 0) is 43.2 Å². The molecule has 1 aromatic heterocycles. The van der Waals surface area contributed by atoms with Gasteiger partial charge in [0.2, 0.25) is 0 Å². The Labute approximate surface area is 140 Å². The quantitative estimate of drug-likeness (QED) is 0.908. The van der Waals surface area contributed by atoms with Crippen LogP contribution in [-0.4, -0.2) is 34.9 Å². The van der Waals surface area contributed by atoms with Crippen molar-refractivity contribution in [3.63, 3.8) is 0 Å². The van der Waals surface area contributed by atoms with Gasteiger partial charge in [-0.1, -0.05) is 12.1 Å². The van der Waals surface area contributed by atoms with Crippen molar-refractivity contribution in [1.29, 1.82) is 0 Å². The van der Waals surface area contributed by atoms with Crippen LogP contribution in [0.5, 0.6) is 0 Å². The lowest BCUT2D eigenvalue weighted by Crippen LogP contribution is -2.29. The van der Waals surface area contributed by atoms with E-state index in [0.717, 1.165) is 31.6 Å². The number of likely N-dealkylation sites (tertiary alicyclic amines) is 1. The van der Waals surface area contributed by atoms with E-state index >= 15 is 0 Å². The molecule has 1 fully saturated rings. The van der Waals surface area contributed by atoms with Crippen molar-refractivity contribution in [3.05, 3.63) is 59.9 Å². The zero-order valence-corrected chi connectivity index (χ0v) is 13.4. The van der Waals surface area contributed by atoms with Crippen LogP contribution in [0.3, 0.4) is 0 Å². The van der Waals surface area contributed by atoms with Crippen molar-refractivity contribution in [3.8, 4) is 0 Å². The number of carbonyl (C=O) groups is 2. The van der Waals surface area contributed by atoms with E-state index in [-0.39, 0.29) is 11.9 Å². The van der Waals surface area contributed by atoms with Gasteiger partial charge in [0, 0.05) is 30.5 Å². The van der Waals surface area contributed by atoms with Gasteiger partial charge in [-0.2, -0.15) is 0 Å². The number of amides is 3. The van der Waals surface area contributed by atoms with E-state index in [1.54, 1.807) is 30.5 Å². The minimum atomic E-state index is -0.327. The summed E-state index contributed by atoms with van der Waals surface area (Å²) in [6, 6.07) is 12.2. The maximum Gasteiger partial charge on any atom is 0.319 e. The highest BCUT2D eigenvalue weighted by molar-refractivity contribution is 5.97. The van der Waals surface area contributed by atoms with Crippen molar-refractivity contribution in [1.82, 2.24) is 15.2 Å². The van der Waals surface area contributed by atoms with Gasteiger partial charge >= 0.3 is 6.03 Å². The SMILES string of the molecule is O=C(NCc1ccccn1)Nc1cccc(C(=O)N2CCCC2)c1. The number of rotatable bonds is 4. The lowest BCUT2D eigenvalue weighted by Gasteiger charge is -2.16. The van der Waals surface area contributed by atoms with Crippen molar-refractivity contribution >= 4 is 17.6 Å². The molecule has 2 heterocycles. The van der Waals surface area contributed by atoms with Gasteiger partial charge in [-0.15, -0.1) is 0 Å². The van der Waals surface area contributed by atoms with Crippen molar-refractivity contribution in [2.24, 2.45) is 0 Å². The van der Waals surface area contributed by atoms with Gasteiger partial charge in [0.15, 0.2) is 0 Å². The molecule has 2 aromatic rings. The second-order valence-corrected chi connectivity index (χ2v) is 5.71. The van der Waals surface area contributed by atoms with Crippen LogP contribution in [0.25, 0.3) is 0 Å². The topological polar surface area (TPSA) is 74.3 Å². The summed E-state index contributed by atoms with van der Waals surface area (Å²) in [5.74, 6) is 0.0186. The van der Waals surface area contributed by atoms with Crippen molar-refractivity contribution in [2.75, 3.05) is 18.4 Å². The molecule has 1 aliphatic heterocycles. The predicted octanol–water partition coefficient (Wildman–Crippen LogP) is 2.64. The molecular formula is C18H20N4O2. The molecule has 1 saturated heterocycles. The zero-order valence-electron chi connectivity index (χ0n) is 13.4. The van der Waals surface area contributed by atoms with E-state index < -0.39 is 0 Å². The van der Waals surface area contributed by atoms with Gasteiger partial charge in [0.1, 0.15) is 0 Å². The van der Waals surface area contributed by atoms with Crippen LogP contribution in [0.15, 0.2) is 48.7 Å². The minimum absolute atomic E-state index is 0.0186. The van der Waals surface area contributed by atoms with E-state index in [0.29, 0.717) is 17.8 Å². The Morgan fingerprint density at radius 3 is 2.67 bits per heavy atom. The summed E-state index contributed by atoms with van der Waals surface area (Å²) >= 11 is 0. The largest absolute Gasteiger partial charge is 0.339 e. The number of pyridine rings is 1. The average molecular weight is 324 g/mol. The van der Waals surface area contributed by atoms with Crippen molar-refractivity contribution < 1.29 is 9.59 Å². The molecule has 3 rings (SSSR count). The summed E-state index contributed by atoms with van der Waals surface area (Å²) in [5.41, 5.74) is 1.98. The molecule has 0 spiro atoms. The van der Waals surface area contributed by atoms with Gasteiger partial charge in [-0.25, -0.2) is 4.79 Å². The Bertz CT molecular complexity index is 712. The van der Waals surface area contributed by atoms with Crippen molar-refractivity contribution in [2.45, 2.75) is 19.4 Å². The summed E-state index contributed by atoms with van der Waals surface area (Å²) in [5, 5.41) is 5.49. The third-order valence-corrected chi connectivity index (χ3v) is 3.92. The molecule has 0 radical (unpaired) electrons. The first-order chi connectivity index (χ1) is 11.7. The number of benzene rings is 1. The highest BCUT2D eigenvalue weighted by Crippen LogP contribution is 2.16. The molecule has 3 amide bonds. The molecule has 1 aliphatic rings. The van der Waals surface area contributed by atoms with Crippen LogP contribution < -0.4 is 10.6 Å². The van der Waals surface area contributed by atoms with E-state index in [1.165, 1.54) is 0 Å². The first-order valence-corrected chi connectivity index (χ1v) is 8.06. The van der Waals surface area contributed by atoms with Crippen LogP contribution in [0, 0.1) is 0 Å². The van der Waals surface area contributed by atoms with E-state index in [1.807, 2.05) is 23.1 Å². The highest BCUT2D eigenvalue weighted by Gasteiger charge is 2.19. The fourth-order valence-corrected chi connectivity index (χ4v) is 2.68. The molecule has 0 bridgehead atoms. The fraction of sp³-hybridized carbons (Fsp3) is 0.278. The number of hydrogen-bond acceptors (Lipinski definition) is 3. The Kier molecular flexibility index (Phi) is 5.05. The summed E-state index contributed by atoms with van der Waals surface area (Å²) in [4.78, 5) is 30.4. The Morgan fingerprint density at radius 2 is 1.92 bits per heavy atom. The molecule has 24 heavy (non-hydrogen) atoms. The Hall–Kier alpha value is -2.89. The number of nitrogens with zero attached hydrogens (tertiary/aromatic N) is 2. The molecule has 1 aromatic carbocycles. The lowest BCUT2D eigenvalue weighted by atomic mass is 10.2. The predicted molar refractivity (Wildman–Crippen MR) is 91.7 cm³/mol. The lowest BCUT2D eigenvalue weighted by molar-refractivity contribution is 0.0793. The standard InChI is InChI=1S/C18H20N4O2/c23-17(22-10-3-4-11-22)14-6-5-8-15(12-14)21-18(24)20-13-16-7-1-2-9-19-16/h1-2,5-9,12H,3-4,10-11,13H2,(H2,20,21,24). The van der Waals surface area contributed by atoms with Crippen LogP contribution >= 0.6 is 0 Å². The third-order valence-electron chi connectivity index (χ3n) is 3.92. The molecule has 124 valence electrons. The van der Waals surface area contributed by atoms with Crippen LogP contribution in [0.2, 0.25) is 0 Å². The summed E-state index contributed by atoms with van der Waals surface area (Å²) < 4.78 is 0. The van der Waals surface area contributed by atoms with E-state index in [9.17, 15) is 9.59 Å². The van der Waals surface area contributed by atoms with Gasteiger partial charge in [0.25, 0.3) is 5.91 Å². The van der Waals surface area contributed by atoms with Crippen LogP contribution in [-0.2, 0) is 6.54 Å². The first-order valence-electron chi connectivity index (χ1n) is 8.06. The minimum Gasteiger partial charge on any atom is -0.339 e. The molecule has 0 aliphatic carbocycles. The second-order valence-electron chi connectivity index (χ2n) is 5.71. The molecule has 6 nitrogen and oxygen atoms in total. The van der Waals surface area contributed by atoms with Gasteiger partial charge in [0.05, 0.1) is 12.2 Å². The first kappa shape index (κ1) is 16.0. The van der Waals surface area contributed by atoms with E-state index in [2.05, 4.69) is 15.6 Å². The smallest absolute Gasteiger partial charge is 0.319 e. The number of hydrogen-bond donors (Lipinski definition) is 2. The molecular weight excluding hydrogens is 304 g/mol. The highest BCUT2D eigenvalue weighted by atomic mass is 16.2. The normalized spacial score (nSPS) is 13.6. The van der Waals surface area contributed by atoms with E-state index in [4.69, 9.17) is 0 Å². The summed E-state index contributed by atoms with van der Waals surface area (Å²) in [6.45, 7) is 1.96. The molecule has 0 unspecified atom stereocenters. The number of carbonyl (C=O) groups excluding carboxylic acids is 2. The van der Waals surface area contributed by atoms with Crippen LogP contribution in [0.1, 0.15) is 28.9 Å². The molecule has 2 N–H and O–H groups in total. The van der Waals surface area contributed by atoms with Gasteiger partial charge in [-0.3, -0.25) is 9.78 Å². The Balaban J connectivity index is 1.57. The monoisotopic (exact) mass is 324 g/mol. The summed E-state index contributed by atoms with van der Waals surface area (Å²) in [6.07, 6.45) is 3.79. The van der Waals surface area contributed by atoms with Crippen LogP contribution in [0.4, 0.5) is 10.5 Å². The number of urea groups is 1. The third kappa shape index (κ3) is 4.10. The molecule has 6 heteroatoms. The molecule has 0 atom stereocenters. The zero-order chi connectivity index (χ0) is 16.8. The maximum atomic E-state index is 12.4. The summed E-state index contributed by atoms with van der Waals surface area (Å²) in [7, 11) is 0. The van der Waals surface area contributed by atoms with Gasteiger partial charge < -0.3 is 15.5 Å². The number of nitrogens with one attached hydrogen (secondary N) is 2. The fourth-order valence-electron chi connectivity index (χ4n) is 2.68.